The van der Waals surface area contributed by atoms with E-state index in [-0.39, 0.29) is 12.4 Å². The predicted octanol–water partition coefficient (Wildman–Crippen LogP) is 1.04. The van der Waals surface area contributed by atoms with Crippen LogP contribution in [0, 0.1) is 5.41 Å². The molecule has 0 spiro atoms. The number of piperidine rings is 1. The van der Waals surface area contributed by atoms with Crippen LogP contribution in [0.2, 0.25) is 0 Å². The van der Waals surface area contributed by atoms with E-state index in [1.165, 1.54) is 0 Å². The van der Waals surface area contributed by atoms with Gasteiger partial charge in [0.1, 0.15) is 0 Å². The molecule has 0 aromatic carbocycles. The van der Waals surface area contributed by atoms with Crippen molar-refractivity contribution in [2.75, 3.05) is 19.7 Å². The first-order chi connectivity index (χ1) is 5.21. The molecule has 1 saturated heterocycles. The fourth-order valence-corrected chi connectivity index (χ4v) is 1.37. The monoisotopic (exact) mass is 201 g/mol. The van der Waals surface area contributed by atoms with E-state index in [1.807, 2.05) is 0 Å². The van der Waals surface area contributed by atoms with Crippen LogP contribution < -0.4 is 5.32 Å². The summed E-state index contributed by atoms with van der Waals surface area (Å²) in [6.07, 6.45) is -1.64. The highest BCUT2D eigenvalue weighted by atomic mass is 35.5. The summed E-state index contributed by atoms with van der Waals surface area (Å²) in [7, 11) is 0. The normalized spacial score (nSPS) is 22.0. The van der Waals surface area contributed by atoms with Crippen molar-refractivity contribution in [3.8, 4) is 0 Å². The van der Waals surface area contributed by atoms with E-state index in [0.717, 1.165) is 0 Å². The van der Waals surface area contributed by atoms with Gasteiger partial charge in [-0.3, -0.25) is 0 Å². The van der Waals surface area contributed by atoms with Crippen molar-refractivity contribution in [1.29, 1.82) is 0 Å². The fourth-order valence-electron chi connectivity index (χ4n) is 1.37. The summed E-state index contributed by atoms with van der Waals surface area (Å²) in [6, 6.07) is 0. The molecule has 1 aliphatic rings. The highest BCUT2D eigenvalue weighted by Gasteiger charge is 2.40. The minimum absolute atomic E-state index is 0. The predicted molar refractivity (Wildman–Crippen MR) is 44.9 cm³/mol. The molecule has 74 valence electrons. The third kappa shape index (κ3) is 2.28. The van der Waals surface area contributed by atoms with Crippen molar-refractivity contribution in [3.05, 3.63) is 0 Å². The third-order valence-corrected chi connectivity index (χ3v) is 2.38. The number of nitrogens with one attached hydrogen (secondary N) is 1. The van der Waals surface area contributed by atoms with Crippen molar-refractivity contribution in [1.82, 2.24) is 5.32 Å². The molecule has 0 aromatic rings. The van der Waals surface area contributed by atoms with Crippen LogP contribution in [-0.4, -0.2) is 31.2 Å². The summed E-state index contributed by atoms with van der Waals surface area (Å²) < 4.78 is 24.8. The van der Waals surface area contributed by atoms with Gasteiger partial charge in [0.05, 0.1) is 12.0 Å². The van der Waals surface area contributed by atoms with Gasteiger partial charge in [0, 0.05) is 0 Å². The number of alkyl halides is 2. The second-order valence-corrected chi connectivity index (χ2v) is 3.07. The lowest BCUT2D eigenvalue weighted by Crippen LogP contribution is -2.43. The zero-order valence-electron chi connectivity index (χ0n) is 6.72. The highest BCUT2D eigenvalue weighted by Crippen LogP contribution is 2.34. The Balaban J connectivity index is 0.00000121. The van der Waals surface area contributed by atoms with Gasteiger partial charge in [-0.25, -0.2) is 8.78 Å². The quantitative estimate of drug-likeness (QED) is 0.700. The maximum absolute atomic E-state index is 12.4. The van der Waals surface area contributed by atoms with Crippen LogP contribution in [-0.2, 0) is 0 Å². The molecule has 2 N–H and O–H groups in total. The maximum Gasteiger partial charge on any atom is 0.246 e. The molecule has 0 bridgehead atoms. The molecule has 0 atom stereocenters. The molecule has 1 fully saturated rings. The molecule has 0 unspecified atom stereocenters. The van der Waals surface area contributed by atoms with Crippen molar-refractivity contribution in [2.24, 2.45) is 5.41 Å². The van der Waals surface area contributed by atoms with E-state index in [4.69, 9.17) is 5.11 Å². The van der Waals surface area contributed by atoms with E-state index in [9.17, 15) is 8.78 Å². The molecule has 5 heteroatoms. The number of halogens is 3. The first-order valence-electron chi connectivity index (χ1n) is 3.81. The van der Waals surface area contributed by atoms with Gasteiger partial charge in [0.2, 0.25) is 6.43 Å². The lowest BCUT2D eigenvalue weighted by Gasteiger charge is -2.34. The highest BCUT2D eigenvalue weighted by molar-refractivity contribution is 5.85. The SMILES string of the molecule is Cl.OCC1(C(F)F)CCNCC1. The Bertz CT molecular complexity index is 129. The molecule has 0 saturated carbocycles. The van der Waals surface area contributed by atoms with Crippen LogP contribution in [0.15, 0.2) is 0 Å². The average Bonchev–Trinajstić information content (AvgIpc) is 2.05. The summed E-state index contributed by atoms with van der Waals surface area (Å²) in [5.74, 6) is 0. The smallest absolute Gasteiger partial charge is 0.246 e. The Morgan fingerprint density at radius 3 is 2.08 bits per heavy atom. The molecule has 1 heterocycles. The van der Waals surface area contributed by atoms with Crippen molar-refractivity contribution in [2.45, 2.75) is 19.3 Å². The summed E-state index contributed by atoms with van der Waals surface area (Å²) in [5, 5.41) is 11.8. The van der Waals surface area contributed by atoms with Gasteiger partial charge in [-0.05, 0) is 25.9 Å². The van der Waals surface area contributed by atoms with E-state index < -0.39 is 18.4 Å². The third-order valence-electron chi connectivity index (χ3n) is 2.38. The van der Waals surface area contributed by atoms with E-state index >= 15 is 0 Å². The van der Waals surface area contributed by atoms with Crippen molar-refractivity contribution < 1.29 is 13.9 Å². The summed E-state index contributed by atoms with van der Waals surface area (Å²) >= 11 is 0. The molecule has 0 aliphatic carbocycles. The Morgan fingerprint density at radius 1 is 1.33 bits per heavy atom. The molecule has 1 aliphatic heterocycles. The zero-order chi connectivity index (χ0) is 8.32. The first kappa shape index (κ1) is 12.1. The fraction of sp³-hybridized carbons (Fsp3) is 1.00. The number of hydrogen-bond acceptors (Lipinski definition) is 2. The van der Waals surface area contributed by atoms with E-state index in [1.54, 1.807) is 0 Å². The maximum atomic E-state index is 12.4. The Kier molecular flexibility index (Phi) is 4.97. The van der Waals surface area contributed by atoms with Gasteiger partial charge in [-0.15, -0.1) is 12.4 Å². The lowest BCUT2D eigenvalue weighted by atomic mass is 9.80. The largest absolute Gasteiger partial charge is 0.396 e. The van der Waals surface area contributed by atoms with Gasteiger partial charge in [0.15, 0.2) is 0 Å². The van der Waals surface area contributed by atoms with Gasteiger partial charge in [0.25, 0.3) is 0 Å². The van der Waals surface area contributed by atoms with Gasteiger partial charge in [-0.2, -0.15) is 0 Å². The van der Waals surface area contributed by atoms with Crippen LogP contribution in [0.3, 0.4) is 0 Å². The minimum atomic E-state index is -2.39. The number of aliphatic hydroxyl groups is 1. The molecular formula is C7H14ClF2NO. The van der Waals surface area contributed by atoms with Crippen LogP contribution >= 0.6 is 12.4 Å². The molecular weight excluding hydrogens is 188 g/mol. The van der Waals surface area contributed by atoms with Crippen LogP contribution in [0.1, 0.15) is 12.8 Å². The topological polar surface area (TPSA) is 32.3 Å². The van der Waals surface area contributed by atoms with Crippen molar-refractivity contribution in [3.63, 3.8) is 0 Å². The number of aliphatic hydroxyl groups excluding tert-OH is 1. The van der Waals surface area contributed by atoms with Gasteiger partial charge < -0.3 is 10.4 Å². The van der Waals surface area contributed by atoms with Crippen LogP contribution in [0.4, 0.5) is 8.78 Å². The molecule has 0 amide bonds. The standard InChI is InChI=1S/C7H13F2NO.ClH/c8-6(9)7(5-11)1-3-10-4-2-7;/h6,10-11H,1-5H2;1H. The number of rotatable bonds is 2. The second-order valence-electron chi connectivity index (χ2n) is 3.07. The van der Waals surface area contributed by atoms with E-state index in [0.29, 0.717) is 25.9 Å². The summed E-state index contributed by atoms with van der Waals surface area (Å²) in [5.41, 5.74) is -1.12. The van der Waals surface area contributed by atoms with Gasteiger partial charge in [-0.1, -0.05) is 0 Å². The van der Waals surface area contributed by atoms with Crippen LogP contribution in [0.5, 0.6) is 0 Å². The summed E-state index contributed by atoms with van der Waals surface area (Å²) in [6.45, 7) is 0.780. The first-order valence-corrected chi connectivity index (χ1v) is 3.81. The van der Waals surface area contributed by atoms with E-state index in [2.05, 4.69) is 5.32 Å². The average molecular weight is 202 g/mol. The second kappa shape index (κ2) is 4.94. The van der Waals surface area contributed by atoms with Crippen LogP contribution in [0.25, 0.3) is 0 Å². The molecule has 2 nitrogen and oxygen atoms in total. The minimum Gasteiger partial charge on any atom is -0.396 e. The zero-order valence-corrected chi connectivity index (χ0v) is 7.54. The Morgan fingerprint density at radius 2 is 1.83 bits per heavy atom. The lowest BCUT2D eigenvalue weighted by molar-refractivity contribution is -0.0605. The molecule has 0 aromatic heterocycles. The Hall–Kier alpha value is 0.0700. The van der Waals surface area contributed by atoms with Gasteiger partial charge >= 0.3 is 0 Å². The van der Waals surface area contributed by atoms with Crippen molar-refractivity contribution >= 4 is 12.4 Å². The molecule has 1 rings (SSSR count). The Labute approximate surface area is 76.8 Å². The summed E-state index contributed by atoms with van der Waals surface area (Å²) in [4.78, 5) is 0. The number of hydrogen-bond donors (Lipinski definition) is 2. The molecule has 0 radical (unpaired) electrons. The molecule has 12 heavy (non-hydrogen) atoms.